The fraction of sp³-hybridized carbons (Fsp3) is 0.667. The van der Waals surface area contributed by atoms with Crippen LogP contribution in [0.15, 0.2) is 17.1 Å². The van der Waals surface area contributed by atoms with Gasteiger partial charge in [0.05, 0.1) is 17.9 Å². The summed E-state index contributed by atoms with van der Waals surface area (Å²) in [5.74, 6) is 1.11. The number of hydrogen-bond donors (Lipinski definition) is 1. The highest BCUT2D eigenvalue weighted by molar-refractivity contribution is 5.82. The maximum absolute atomic E-state index is 4.51. The van der Waals surface area contributed by atoms with Crippen molar-refractivity contribution in [3.8, 4) is 0 Å². The highest BCUT2D eigenvalue weighted by atomic mass is 15.1. The molecule has 1 N–H and O–H groups in total. The molecule has 2 nitrogen and oxygen atoms in total. The molecule has 2 rings (SSSR count). The molecule has 2 heteroatoms. The number of aliphatic imine (C=N–C) groups is 1. The fourth-order valence-corrected chi connectivity index (χ4v) is 1.96. The van der Waals surface area contributed by atoms with E-state index in [0.29, 0.717) is 12.1 Å². The second kappa shape index (κ2) is 2.36. The Hall–Kier alpha value is -0.790. The summed E-state index contributed by atoms with van der Waals surface area (Å²) in [6.07, 6.45) is 3.47. The van der Waals surface area contributed by atoms with Crippen molar-refractivity contribution < 1.29 is 0 Å². The number of rotatable bonds is 0. The van der Waals surface area contributed by atoms with Gasteiger partial charge in [-0.3, -0.25) is 4.99 Å². The lowest BCUT2D eigenvalue weighted by molar-refractivity contribution is 0.445. The molecule has 1 aliphatic heterocycles. The molecule has 0 aromatic rings. The zero-order valence-electron chi connectivity index (χ0n) is 6.93. The molecule has 0 saturated heterocycles. The standard InChI is InChI=1S/C9H14N2/c1-6-3-4-8-9(5-6)11-7(2)10-8/h8-9H,1,3-5H2,2H3,(H,10,11). The van der Waals surface area contributed by atoms with E-state index in [1.165, 1.54) is 18.4 Å². The molecule has 1 heterocycles. The van der Waals surface area contributed by atoms with Crippen LogP contribution >= 0.6 is 0 Å². The molecule has 0 spiro atoms. The van der Waals surface area contributed by atoms with Gasteiger partial charge in [0, 0.05) is 0 Å². The molecular formula is C9H14N2. The smallest absolute Gasteiger partial charge is 0.0939 e. The van der Waals surface area contributed by atoms with Gasteiger partial charge in [-0.25, -0.2) is 0 Å². The van der Waals surface area contributed by atoms with Crippen molar-refractivity contribution in [3.63, 3.8) is 0 Å². The monoisotopic (exact) mass is 150 g/mol. The van der Waals surface area contributed by atoms with E-state index in [9.17, 15) is 0 Å². The molecule has 1 saturated carbocycles. The van der Waals surface area contributed by atoms with Crippen LogP contribution in [0.2, 0.25) is 0 Å². The summed E-state index contributed by atoms with van der Waals surface area (Å²) in [4.78, 5) is 4.51. The molecule has 11 heavy (non-hydrogen) atoms. The highest BCUT2D eigenvalue weighted by Gasteiger charge is 2.30. The van der Waals surface area contributed by atoms with Crippen LogP contribution in [0.3, 0.4) is 0 Å². The number of amidine groups is 1. The number of hydrogen-bond acceptors (Lipinski definition) is 2. The van der Waals surface area contributed by atoms with E-state index in [-0.39, 0.29) is 0 Å². The summed E-state index contributed by atoms with van der Waals surface area (Å²) < 4.78 is 0. The summed E-state index contributed by atoms with van der Waals surface area (Å²) >= 11 is 0. The maximum atomic E-state index is 4.51. The first-order valence-corrected chi connectivity index (χ1v) is 4.23. The molecule has 1 aliphatic carbocycles. The van der Waals surface area contributed by atoms with Crippen molar-refractivity contribution in [1.29, 1.82) is 0 Å². The Morgan fingerprint density at radius 3 is 3.27 bits per heavy atom. The van der Waals surface area contributed by atoms with Crippen molar-refractivity contribution in [3.05, 3.63) is 12.2 Å². The molecule has 60 valence electrons. The Labute approximate surface area is 67.4 Å². The van der Waals surface area contributed by atoms with Gasteiger partial charge >= 0.3 is 0 Å². The van der Waals surface area contributed by atoms with Crippen LogP contribution in [0.4, 0.5) is 0 Å². The molecule has 1 fully saturated rings. The van der Waals surface area contributed by atoms with E-state index in [2.05, 4.69) is 16.9 Å². The number of nitrogens with zero attached hydrogens (tertiary/aromatic N) is 1. The van der Waals surface area contributed by atoms with Gasteiger partial charge in [0.15, 0.2) is 0 Å². The summed E-state index contributed by atoms with van der Waals surface area (Å²) in [7, 11) is 0. The minimum atomic E-state index is 0.542. The Kier molecular flexibility index (Phi) is 1.48. The zero-order chi connectivity index (χ0) is 7.84. The lowest BCUT2D eigenvalue weighted by Gasteiger charge is -2.25. The molecule has 0 aromatic heterocycles. The van der Waals surface area contributed by atoms with Gasteiger partial charge in [0.25, 0.3) is 0 Å². The summed E-state index contributed by atoms with van der Waals surface area (Å²) in [6, 6.07) is 1.11. The highest BCUT2D eigenvalue weighted by Crippen LogP contribution is 2.27. The van der Waals surface area contributed by atoms with Gasteiger partial charge in [-0.05, 0) is 26.2 Å². The van der Waals surface area contributed by atoms with Gasteiger partial charge < -0.3 is 5.32 Å². The van der Waals surface area contributed by atoms with E-state index in [0.717, 1.165) is 12.3 Å². The van der Waals surface area contributed by atoms with Gasteiger partial charge in [0.1, 0.15) is 0 Å². The molecule has 0 amide bonds. The lowest BCUT2D eigenvalue weighted by Crippen LogP contribution is -2.36. The van der Waals surface area contributed by atoms with Crippen LogP contribution < -0.4 is 5.32 Å². The predicted octanol–water partition coefficient (Wildman–Crippen LogP) is 1.49. The first-order chi connectivity index (χ1) is 5.25. The van der Waals surface area contributed by atoms with E-state index in [1.807, 2.05) is 6.92 Å². The molecule has 0 radical (unpaired) electrons. The van der Waals surface area contributed by atoms with Crippen LogP contribution in [-0.2, 0) is 0 Å². The van der Waals surface area contributed by atoms with E-state index >= 15 is 0 Å². The zero-order valence-corrected chi connectivity index (χ0v) is 6.93. The second-order valence-electron chi connectivity index (χ2n) is 3.53. The third-order valence-corrected chi connectivity index (χ3v) is 2.52. The van der Waals surface area contributed by atoms with E-state index in [1.54, 1.807) is 0 Å². The van der Waals surface area contributed by atoms with Crippen LogP contribution in [-0.4, -0.2) is 17.9 Å². The van der Waals surface area contributed by atoms with Crippen LogP contribution in [0.25, 0.3) is 0 Å². The summed E-state index contributed by atoms with van der Waals surface area (Å²) in [5, 5.41) is 3.38. The van der Waals surface area contributed by atoms with Crippen molar-refractivity contribution >= 4 is 5.84 Å². The van der Waals surface area contributed by atoms with Crippen LogP contribution in [0, 0.1) is 0 Å². The van der Waals surface area contributed by atoms with Crippen LogP contribution in [0.1, 0.15) is 26.2 Å². The average Bonchev–Trinajstić information content (AvgIpc) is 2.27. The van der Waals surface area contributed by atoms with Crippen molar-refractivity contribution in [1.82, 2.24) is 5.32 Å². The Morgan fingerprint density at radius 2 is 2.45 bits per heavy atom. The van der Waals surface area contributed by atoms with Crippen molar-refractivity contribution in [2.24, 2.45) is 4.99 Å². The van der Waals surface area contributed by atoms with Crippen molar-refractivity contribution in [2.45, 2.75) is 38.3 Å². The summed E-state index contributed by atoms with van der Waals surface area (Å²) in [5.41, 5.74) is 1.38. The predicted molar refractivity (Wildman–Crippen MR) is 46.8 cm³/mol. The van der Waals surface area contributed by atoms with Gasteiger partial charge in [-0.15, -0.1) is 0 Å². The fourth-order valence-electron chi connectivity index (χ4n) is 1.96. The number of nitrogens with one attached hydrogen (secondary N) is 1. The lowest BCUT2D eigenvalue weighted by atomic mass is 9.88. The molecular weight excluding hydrogens is 136 g/mol. The SMILES string of the molecule is C=C1CCC2N=C(C)NC2C1. The normalized spacial score (nSPS) is 36.1. The Morgan fingerprint density at radius 1 is 1.64 bits per heavy atom. The van der Waals surface area contributed by atoms with Crippen LogP contribution in [0.5, 0.6) is 0 Å². The van der Waals surface area contributed by atoms with E-state index in [4.69, 9.17) is 0 Å². The first kappa shape index (κ1) is 6.89. The molecule has 0 bridgehead atoms. The minimum absolute atomic E-state index is 0.542. The largest absolute Gasteiger partial charge is 0.369 e. The molecule has 2 aliphatic rings. The minimum Gasteiger partial charge on any atom is -0.369 e. The Bertz CT molecular complexity index is 218. The quantitative estimate of drug-likeness (QED) is 0.520. The maximum Gasteiger partial charge on any atom is 0.0939 e. The molecule has 0 aromatic carbocycles. The van der Waals surface area contributed by atoms with E-state index < -0.39 is 0 Å². The third kappa shape index (κ3) is 1.17. The topological polar surface area (TPSA) is 24.4 Å². The van der Waals surface area contributed by atoms with Gasteiger partial charge in [0.2, 0.25) is 0 Å². The average molecular weight is 150 g/mol. The van der Waals surface area contributed by atoms with Gasteiger partial charge in [-0.2, -0.15) is 0 Å². The van der Waals surface area contributed by atoms with Crippen molar-refractivity contribution in [2.75, 3.05) is 0 Å². The molecule has 2 atom stereocenters. The van der Waals surface area contributed by atoms with Gasteiger partial charge in [-0.1, -0.05) is 12.2 Å². The Balaban J connectivity index is 2.09. The second-order valence-corrected chi connectivity index (χ2v) is 3.53. The third-order valence-electron chi connectivity index (χ3n) is 2.52. The summed E-state index contributed by atoms with van der Waals surface area (Å²) in [6.45, 7) is 6.05. The first-order valence-electron chi connectivity index (χ1n) is 4.23. The number of fused-ring (bicyclic) bond motifs is 1. The molecule has 2 unspecified atom stereocenters.